The van der Waals surface area contributed by atoms with Gasteiger partial charge in [0.05, 0.1) is 0 Å². The summed E-state index contributed by atoms with van der Waals surface area (Å²) in [5.74, 6) is 0. The Bertz CT molecular complexity index is 22.4. The minimum absolute atomic E-state index is 2.64. The van der Waals surface area contributed by atoms with Crippen molar-refractivity contribution in [1.82, 2.24) is 0 Å². The van der Waals surface area contributed by atoms with E-state index >= 15 is 0 Å². The van der Waals surface area contributed by atoms with Gasteiger partial charge in [0, 0.05) is 0 Å². The molecular weight excluding hydrogens is 108 g/mol. The van der Waals surface area contributed by atoms with Crippen molar-refractivity contribution >= 4 is 18.3 Å². The van der Waals surface area contributed by atoms with E-state index in [0.717, 1.165) is 0 Å². The van der Waals surface area contributed by atoms with Gasteiger partial charge in [0.2, 0.25) is 0 Å². The molecule has 5 heteroatoms. The van der Waals surface area contributed by atoms with Crippen LogP contribution in [0.3, 0.4) is 0 Å². The standard InChI is InChI=1S/ClH7N3P/c1-5(2,3)4/h5H,2-4H2. The molecule has 0 spiro atoms. The van der Waals surface area contributed by atoms with E-state index in [9.17, 15) is 0 Å². The Morgan fingerprint density at radius 1 is 1.20 bits per heavy atom. The number of hydrogen-bond acceptors (Lipinski definition) is 3. The molecule has 0 amide bonds. The predicted octanol–water partition coefficient (Wildman–Crippen LogP) is -0.489. The molecule has 0 fully saturated rings. The van der Waals surface area contributed by atoms with Crippen LogP contribution in [0.15, 0.2) is 0 Å². The Balaban J connectivity index is 3.02. The summed E-state index contributed by atoms with van der Waals surface area (Å²) in [6, 6.07) is 0. The third-order valence-corrected chi connectivity index (χ3v) is 0. The average molecular weight is 116 g/mol. The first-order chi connectivity index (χ1) is 2.00. The van der Waals surface area contributed by atoms with Crippen molar-refractivity contribution in [2.45, 2.75) is 0 Å². The second-order valence-corrected chi connectivity index (χ2v) is 4.45. The summed E-state index contributed by atoms with van der Waals surface area (Å²) in [6.07, 6.45) is 0. The van der Waals surface area contributed by atoms with Crippen LogP contribution in [0.5, 0.6) is 0 Å². The summed E-state index contributed by atoms with van der Waals surface area (Å²) in [4.78, 5) is 0. The summed E-state index contributed by atoms with van der Waals surface area (Å²) < 4.78 is 0. The Morgan fingerprint density at radius 3 is 1.20 bits per heavy atom. The molecule has 0 aromatic carbocycles. The van der Waals surface area contributed by atoms with Crippen molar-refractivity contribution in [3.8, 4) is 0 Å². The first-order valence-electron chi connectivity index (χ1n) is 1.06. The van der Waals surface area contributed by atoms with Crippen LogP contribution in [0.1, 0.15) is 0 Å². The average Bonchev–Trinajstić information content (AvgIpc) is 0.722. The van der Waals surface area contributed by atoms with Crippen LogP contribution in [-0.2, 0) is 0 Å². The molecule has 0 aliphatic carbocycles. The van der Waals surface area contributed by atoms with E-state index in [0.29, 0.717) is 0 Å². The number of halogens is 1. The minimum atomic E-state index is -2.64. The number of nitrogens with two attached hydrogens (primary N) is 3. The maximum absolute atomic E-state index is 5.00. The molecule has 0 atom stereocenters. The van der Waals surface area contributed by atoms with Gasteiger partial charge in [-0.25, -0.2) is 0 Å². The van der Waals surface area contributed by atoms with Gasteiger partial charge in [-0.3, -0.25) is 0 Å². The van der Waals surface area contributed by atoms with Crippen LogP contribution in [0.2, 0.25) is 0 Å². The number of rotatable bonds is 0. The van der Waals surface area contributed by atoms with Crippen LogP contribution in [0.25, 0.3) is 0 Å². The first-order valence-corrected chi connectivity index (χ1v) is 4.30. The van der Waals surface area contributed by atoms with E-state index in [1.165, 1.54) is 0 Å². The van der Waals surface area contributed by atoms with Gasteiger partial charge in [0.1, 0.15) is 0 Å². The van der Waals surface area contributed by atoms with Crippen LogP contribution in [0, 0.1) is 0 Å². The molecule has 0 bridgehead atoms. The molecule has 0 aromatic heterocycles. The van der Waals surface area contributed by atoms with Gasteiger partial charge in [0.15, 0.2) is 0 Å². The second-order valence-electron chi connectivity index (χ2n) is 0.827. The van der Waals surface area contributed by atoms with Crippen molar-refractivity contribution in [2.75, 3.05) is 0 Å². The van der Waals surface area contributed by atoms with E-state index in [1.807, 2.05) is 0 Å². The van der Waals surface area contributed by atoms with Gasteiger partial charge < -0.3 is 0 Å². The third kappa shape index (κ3) is 86.4. The Hall–Kier alpha value is 0.600. The van der Waals surface area contributed by atoms with Crippen molar-refractivity contribution < 1.29 is 0 Å². The molecule has 0 saturated heterocycles. The number of hydrogen-bond donors (Lipinski definition) is 3. The van der Waals surface area contributed by atoms with Gasteiger partial charge in [0.25, 0.3) is 0 Å². The molecular formula is H7ClN3P. The fourth-order valence-corrected chi connectivity index (χ4v) is 0. The Kier molecular flexibility index (Phi) is 1.53. The van der Waals surface area contributed by atoms with Crippen molar-refractivity contribution in [3.05, 3.63) is 0 Å². The summed E-state index contributed by atoms with van der Waals surface area (Å²) in [6.45, 7) is 0. The first kappa shape index (κ1) is 5.60. The monoisotopic (exact) mass is 115 g/mol. The van der Waals surface area contributed by atoms with Crippen LogP contribution in [-0.4, -0.2) is 0 Å². The molecule has 3 nitrogen and oxygen atoms in total. The molecule has 0 rings (SSSR count). The fraction of sp³-hybridized carbons (Fsp3) is 0. The van der Waals surface area contributed by atoms with E-state index in [4.69, 9.17) is 27.8 Å². The molecule has 0 radical (unpaired) electrons. The van der Waals surface area contributed by atoms with Gasteiger partial charge in [-0.15, -0.1) is 0 Å². The quantitative estimate of drug-likeness (QED) is 0.373. The summed E-state index contributed by atoms with van der Waals surface area (Å²) in [5.41, 5.74) is 14.4. The molecule has 0 saturated carbocycles. The van der Waals surface area contributed by atoms with Crippen LogP contribution >= 0.6 is 18.3 Å². The van der Waals surface area contributed by atoms with E-state index in [-0.39, 0.29) is 0 Å². The zero-order valence-electron chi connectivity index (χ0n) is 2.61. The molecule has 0 aliphatic heterocycles. The van der Waals surface area contributed by atoms with Gasteiger partial charge in [-0.05, 0) is 0 Å². The van der Waals surface area contributed by atoms with Crippen molar-refractivity contribution in [2.24, 2.45) is 16.5 Å². The zero-order chi connectivity index (χ0) is 4.50. The molecule has 0 unspecified atom stereocenters. The van der Waals surface area contributed by atoms with Gasteiger partial charge in [-0.2, -0.15) is 0 Å². The zero-order valence-corrected chi connectivity index (χ0v) is 4.37. The third-order valence-electron chi connectivity index (χ3n) is 0. The van der Waals surface area contributed by atoms with Gasteiger partial charge >= 0.3 is 34.8 Å². The van der Waals surface area contributed by atoms with Gasteiger partial charge in [-0.1, -0.05) is 0 Å². The second kappa shape index (κ2) is 1.37. The topological polar surface area (TPSA) is 78.1 Å². The predicted molar refractivity (Wildman–Crippen MR) is 26.7 cm³/mol. The van der Waals surface area contributed by atoms with Crippen molar-refractivity contribution in [3.63, 3.8) is 0 Å². The van der Waals surface area contributed by atoms with Crippen LogP contribution in [0.4, 0.5) is 0 Å². The molecule has 0 aromatic rings. The SMILES string of the molecule is N[PH](N)(N)Cl. The van der Waals surface area contributed by atoms with E-state index in [2.05, 4.69) is 0 Å². The fourth-order valence-electron chi connectivity index (χ4n) is 0. The molecule has 6 N–H and O–H groups in total. The Morgan fingerprint density at radius 2 is 1.20 bits per heavy atom. The van der Waals surface area contributed by atoms with Crippen molar-refractivity contribution in [1.29, 1.82) is 0 Å². The van der Waals surface area contributed by atoms with E-state index < -0.39 is 7.07 Å². The van der Waals surface area contributed by atoms with E-state index in [1.54, 1.807) is 0 Å². The molecule has 5 heavy (non-hydrogen) atoms. The molecule has 34 valence electrons. The summed E-state index contributed by atoms with van der Waals surface area (Å²) in [5, 5.41) is 0. The Labute approximate surface area is 35.7 Å². The summed E-state index contributed by atoms with van der Waals surface area (Å²) in [7, 11) is -2.64. The van der Waals surface area contributed by atoms with Crippen LogP contribution < -0.4 is 16.5 Å². The summed E-state index contributed by atoms with van der Waals surface area (Å²) >= 11 is 5.00. The molecule has 0 heterocycles. The molecule has 0 aliphatic rings. The maximum atomic E-state index is 5.00. The normalized spacial score (nSPS) is 15.2.